The van der Waals surface area contributed by atoms with Gasteiger partial charge in [-0.3, -0.25) is 4.79 Å². The molecule has 1 amide bonds. The molecule has 2 fully saturated rings. The summed E-state index contributed by atoms with van der Waals surface area (Å²) in [5.41, 5.74) is 0.332. The van der Waals surface area contributed by atoms with Crippen molar-refractivity contribution in [3.05, 3.63) is 50.1 Å². The molecule has 2 aliphatic heterocycles. The van der Waals surface area contributed by atoms with Crippen LogP contribution in [0.3, 0.4) is 0 Å². The second-order valence-corrected chi connectivity index (χ2v) is 11.7. The van der Waals surface area contributed by atoms with Crippen LogP contribution in [0.2, 0.25) is 0 Å². The van der Waals surface area contributed by atoms with Crippen molar-refractivity contribution in [2.45, 2.75) is 54.9 Å². The van der Waals surface area contributed by atoms with Crippen molar-refractivity contribution in [2.75, 3.05) is 20.6 Å². The number of carbonyl (C=O) groups is 1. The standard InChI is InChI=1S/C25H27BrN2O4S/c1-27-10-9-24-20-7-6-18(28(2)21(30)8-4-16-12-15(26)13-33-16)25(24,31)19(27)11-14-3-5-17(29)23(32-20)22(14)24/h3-5,8,12-13,18-20,29,31H,6-7,9-11H2,1-2H3/b8-4+/t18-,19-,20+,24-,25-/m1/s1. The Morgan fingerprint density at radius 3 is 2.97 bits per heavy atom. The molecular formula is C25H27BrN2O4S. The van der Waals surface area contributed by atoms with Gasteiger partial charge in [-0.1, -0.05) is 6.07 Å². The average Bonchev–Trinajstić information content (AvgIpc) is 3.36. The molecule has 5 atom stereocenters. The maximum atomic E-state index is 13.3. The zero-order valence-electron chi connectivity index (χ0n) is 18.6. The Kier molecular flexibility index (Phi) is 4.80. The van der Waals surface area contributed by atoms with E-state index in [0.717, 1.165) is 39.9 Å². The van der Waals surface area contributed by atoms with E-state index in [4.69, 9.17) is 4.74 Å². The number of piperidine rings is 1. The minimum Gasteiger partial charge on any atom is -0.504 e. The topological polar surface area (TPSA) is 73.2 Å². The molecule has 6 rings (SSSR count). The van der Waals surface area contributed by atoms with Gasteiger partial charge in [0.15, 0.2) is 11.5 Å². The molecule has 1 aromatic carbocycles. The fourth-order valence-corrected chi connectivity index (χ4v) is 8.42. The number of nitrogens with zero attached hydrogens (tertiary/aromatic N) is 2. The molecule has 0 radical (unpaired) electrons. The van der Waals surface area contributed by atoms with Crippen LogP contribution in [-0.2, 0) is 16.6 Å². The molecule has 6 nitrogen and oxygen atoms in total. The predicted octanol–water partition coefficient (Wildman–Crippen LogP) is 3.54. The zero-order valence-corrected chi connectivity index (χ0v) is 21.0. The summed E-state index contributed by atoms with van der Waals surface area (Å²) >= 11 is 5.02. The van der Waals surface area contributed by atoms with Crippen molar-refractivity contribution < 1.29 is 19.7 Å². The van der Waals surface area contributed by atoms with Crippen LogP contribution in [0.25, 0.3) is 6.08 Å². The number of halogens is 1. The molecule has 0 unspecified atom stereocenters. The molecule has 2 N–H and O–H groups in total. The number of amides is 1. The molecule has 1 aromatic heterocycles. The van der Waals surface area contributed by atoms with Gasteiger partial charge in [0.05, 0.1) is 11.5 Å². The lowest BCUT2D eigenvalue weighted by molar-refractivity contribution is -0.213. The molecule has 174 valence electrons. The van der Waals surface area contributed by atoms with Crippen molar-refractivity contribution in [1.29, 1.82) is 0 Å². The van der Waals surface area contributed by atoms with Crippen molar-refractivity contribution in [2.24, 2.45) is 0 Å². The van der Waals surface area contributed by atoms with Crippen molar-refractivity contribution >= 4 is 39.2 Å². The van der Waals surface area contributed by atoms with E-state index in [1.807, 2.05) is 23.6 Å². The van der Waals surface area contributed by atoms with Crippen LogP contribution in [0, 0.1) is 0 Å². The van der Waals surface area contributed by atoms with E-state index in [-0.39, 0.29) is 29.8 Å². The number of rotatable bonds is 3. The van der Waals surface area contributed by atoms with Crippen LogP contribution in [0.15, 0.2) is 34.1 Å². The summed E-state index contributed by atoms with van der Waals surface area (Å²) in [5.74, 6) is 0.564. The predicted molar refractivity (Wildman–Crippen MR) is 131 cm³/mol. The van der Waals surface area contributed by atoms with E-state index < -0.39 is 11.0 Å². The number of likely N-dealkylation sites (N-methyl/N-ethyl adjacent to an activating group) is 2. The quantitative estimate of drug-likeness (QED) is 0.593. The third kappa shape index (κ3) is 2.75. The number of carbonyl (C=O) groups excluding carboxylic acids is 1. The first-order valence-corrected chi connectivity index (χ1v) is 13.1. The van der Waals surface area contributed by atoms with E-state index >= 15 is 0 Å². The van der Waals surface area contributed by atoms with Gasteiger partial charge < -0.3 is 24.7 Å². The zero-order chi connectivity index (χ0) is 23.1. The van der Waals surface area contributed by atoms with Crippen LogP contribution < -0.4 is 4.74 Å². The van der Waals surface area contributed by atoms with E-state index in [1.165, 1.54) is 0 Å². The first-order chi connectivity index (χ1) is 15.8. The van der Waals surface area contributed by atoms with Gasteiger partial charge in [-0.15, -0.1) is 11.3 Å². The number of phenols is 1. The normalized spacial score (nSPS) is 34.2. The van der Waals surface area contributed by atoms with Gasteiger partial charge in [0.1, 0.15) is 11.7 Å². The smallest absolute Gasteiger partial charge is 0.246 e. The number of phenolic OH excluding ortho intramolecular Hbond substituents is 1. The van der Waals surface area contributed by atoms with Gasteiger partial charge >= 0.3 is 0 Å². The fourth-order valence-electron chi connectivity index (χ4n) is 7.08. The number of benzene rings is 1. The highest BCUT2D eigenvalue weighted by molar-refractivity contribution is 9.10. The minimum atomic E-state index is -1.17. The summed E-state index contributed by atoms with van der Waals surface area (Å²) in [7, 11) is 3.87. The number of aromatic hydroxyl groups is 1. The highest BCUT2D eigenvalue weighted by Crippen LogP contribution is 2.65. The summed E-state index contributed by atoms with van der Waals surface area (Å²) in [4.78, 5) is 18.2. The molecule has 8 heteroatoms. The maximum absolute atomic E-state index is 13.3. The van der Waals surface area contributed by atoms with Crippen LogP contribution in [-0.4, -0.2) is 70.3 Å². The molecular weight excluding hydrogens is 504 g/mol. The molecule has 1 saturated carbocycles. The number of ether oxygens (including phenoxy) is 1. The lowest BCUT2D eigenvalue weighted by atomic mass is 9.47. The van der Waals surface area contributed by atoms with Crippen molar-refractivity contribution in [3.63, 3.8) is 0 Å². The Morgan fingerprint density at radius 1 is 1.39 bits per heavy atom. The second-order valence-electron chi connectivity index (χ2n) is 9.84. The summed E-state index contributed by atoms with van der Waals surface area (Å²) in [6, 6.07) is 5.20. The Morgan fingerprint density at radius 2 is 2.21 bits per heavy atom. The monoisotopic (exact) mass is 530 g/mol. The molecule has 4 aliphatic rings. The summed E-state index contributed by atoms with van der Waals surface area (Å²) in [6.07, 6.45) is 6.03. The van der Waals surface area contributed by atoms with Gasteiger partial charge in [-0.05, 0) is 79.0 Å². The van der Waals surface area contributed by atoms with Gasteiger partial charge in [0, 0.05) is 39.5 Å². The van der Waals surface area contributed by atoms with E-state index in [0.29, 0.717) is 18.6 Å². The first kappa shape index (κ1) is 21.6. The van der Waals surface area contributed by atoms with Crippen molar-refractivity contribution in [3.8, 4) is 11.5 Å². The van der Waals surface area contributed by atoms with E-state index in [2.05, 4.69) is 27.9 Å². The molecule has 2 aliphatic carbocycles. The Hall–Kier alpha value is -1.87. The Balaban J connectivity index is 1.43. The third-order valence-electron chi connectivity index (χ3n) is 8.51. The molecule has 2 bridgehead atoms. The summed E-state index contributed by atoms with van der Waals surface area (Å²) in [6.45, 7) is 0.846. The molecule has 33 heavy (non-hydrogen) atoms. The van der Waals surface area contributed by atoms with Crippen molar-refractivity contribution in [1.82, 2.24) is 9.80 Å². The fraction of sp³-hybridized carbons (Fsp3) is 0.480. The van der Waals surface area contributed by atoms with Gasteiger partial charge in [-0.25, -0.2) is 0 Å². The average molecular weight is 531 g/mol. The van der Waals surface area contributed by atoms with Crippen LogP contribution in [0.1, 0.15) is 35.3 Å². The molecule has 1 spiro atoms. The molecule has 1 saturated heterocycles. The van der Waals surface area contributed by atoms with Crippen LogP contribution in [0.5, 0.6) is 11.5 Å². The largest absolute Gasteiger partial charge is 0.504 e. The van der Waals surface area contributed by atoms with E-state index in [9.17, 15) is 15.0 Å². The minimum absolute atomic E-state index is 0.116. The highest BCUT2D eigenvalue weighted by Gasteiger charge is 2.74. The summed E-state index contributed by atoms with van der Waals surface area (Å²) < 4.78 is 7.35. The number of thiophene rings is 1. The SMILES string of the molecule is CN1CC[C@]23c4c5ccc(O)c4O[C@H]2CC[C@@H](N(C)C(=O)/C=C/c2cc(Br)cs2)[C@@]3(O)[C@H]1C5. The maximum Gasteiger partial charge on any atom is 0.246 e. The van der Waals surface area contributed by atoms with Gasteiger partial charge in [-0.2, -0.15) is 0 Å². The number of hydrogen-bond acceptors (Lipinski definition) is 6. The lowest BCUT2D eigenvalue weighted by Crippen LogP contribution is -2.81. The van der Waals surface area contributed by atoms with Gasteiger partial charge in [0.25, 0.3) is 0 Å². The number of aliphatic hydroxyl groups is 1. The third-order valence-corrected chi connectivity index (χ3v) is 10.2. The van der Waals surface area contributed by atoms with Crippen LogP contribution >= 0.6 is 27.3 Å². The first-order valence-electron chi connectivity index (χ1n) is 11.4. The van der Waals surface area contributed by atoms with E-state index in [1.54, 1.807) is 35.4 Å². The summed E-state index contributed by atoms with van der Waals surface area (Å²) in [5, 5.41) is 25.3. The lowest BCUT2D eigenvalue weighted by Gasteiger charge is -2.66. The Labute approximate surface area is 205 Å². The molecule has 2 aromatic rings. The second kappa shape index (κ2) is 7.31. The number of likely N-dealkylation sites (tertiary alicyclic amines) is 1. The highest BCUT2D eigenvalue weighted by atomic mass is 79.9. The molecule has 3 heterocycles. The Bertz CT molecular complexity index is 1180. The van der Waals surface area contributed by atoms with Gasteiger partial charge in [0.2, 0.25) is 5.91 Å². The van der Waals surface area contributed by atoms with Crippen LogP contribution in [0.4, 0.5) is 0 Å². The number of hydrogen-bond donors (Lipinski definition) is 2.